The summed E-state index contributed by atoms with van der Waals surface area (Å²) in [5, 5.41) is 6.67. The normalized spacial score (nSPS) is 40.8. The molecule has 0 aromatic carbocycles. The summed E-state index contributed by atoms with van der Waals surface area (Å²) < 4.78 is 5.70. The van der Waals surface area contributed by atoms with Crippen LogP contribution >= 0.6 is 0 Å². The third-order valence-corrected chi connectivity index (χ3v) is 2.34. The summed E-state index contributed by atoms with van der Waals surface area (Å²) in [7, 11) is 0. The predicted molar refractivity (Wildman–Crippen MR) is 39.0 cm³/mol. The van der Waals surface area contributed by atoms with Gasteiger partial charge in [-0.3, -0.25) is 0 Å². The minimum atomic E-state index is 0.151. The third-order valence-electron chi connectivity index (χ3n) is 2.34. The van der Waals surface area contributed by atoms with Gasteiger partial charge in [-0.15, -0.1) is 0 Å². The molecular weight excluding hydrogens is 128 g/mol. The second-order valence-electron chi connectivity index (χ2n) is 3.14. The molecule has 3 nitrogen and oxygen atoms in total. The van der Waals surface area contributed by atoms with E-state index < -0.39 is 0 Å². The maximum absolute atomic E-state index is 5.70. The predicted octanol–water partition coefficient (Wildman–Crippen LogP) is -0.662. The van der Waals surface area contributed by atoms with Gasteiger partial charge in [-0.1, -0.05) is 0 Å². The Morgan fingerprint density at radius 3 is 2.50 bits per heavy atom. The third kappa shape index (κ3) is 1.05. The van der Waals surface area contributed by atoms with E-state index in [0.29, 0.717) is 0 Å². The first-order valence-electron chi connectivity index (χ1n) is 3.97. The van der Waals surface area contributed by atoms with Crippen molar-refractivity contribution in [2.45, 2.75) is 12.0 Å². The molecule has 0 aliphatic carbocycles. The first kappa shape index (κ1) is 6.58. The average molecular weight is 142 g/mol. The molecule has 0 aromatic rings. The van der Waals surface area contributed by atoms with Crippen LogP contribution in [0.15, 0.2) is 0 Å². The Kier molecular flexibility index (Phi) is 1.64. The van der Waals surface area contributed by atoms with Gasteiger partial charge in [0.2, 0.25) is 0 Å². The summed E-state index contributed by atoms with van der Waals surface area (Å²) in [6.07, 6.45) is 1.17. The molecule has 0 amide bonds. The monoisotopic (exact) mass is 142 g/mol. The van der Waals surface area contributed by atoms with Gasteiger partial charge < -0.3 is 15.4 Å². The number of hydrogen-bond donors (Lipinski definition) is 2. The van der Waals surface area contributed by atoms with Crippen molar-refractivity contribution in [1.29, 1.82) is 0 Å². The molecule has 2 saturated heterocycles. The fraction of sp³-hybridized carbons (Fsp3) is 1.00. The molecule has 2 aliphatic heterocycles. The largest absolute Gasteiger partial charge is 0.371 e. The van der Waals surface area contributed by atoms with Gasteiger partial charge >= 0.3 is 0 Å². The van der Waals surface area contributed by atoms with Gasteiger partial charge in [0.25, 0.3) is 0 Å². The highest BCUT2D eigenvalue weighted by molar-refractivity contribution is 4.93. The topological polar surface area (TPSA) is 33.3 Å². The van der Waals surface area contributed by atoms with Crippen LogP contribution in [0.3, 0.4) is 0 Å². The molecule has 58 valence electrons. The van der Waals surface area contributed by atoms with E-state index in [1.165, 1.54) is 6.42 Å². The van der Waals surface area contributed by atoms with Gasteiger partial charge in [-0.25, -0.2) is 0 Å². The molecule has 0 saturated carbocycles. The van der Waals surface area contributed by atoms with E-state index >= 15 is 0 Å². The molecular formula is C7H14N2O. The summed E-state index contributed by atoms with van der Waals surface area (Å²) >= 11 is 0. The van der Waals surface area contributed by atoms with Crippen molar-refractivity contribution in [3.63, 3.8) is 0 Å². The molecule has 2 N–H and O–H groups in total. The first-order valence-corrected chi connectivity index (χ1v) is 3.97. The minimum Gasteiger partial charge on any atom is -0.371 e. The zero-order valence-corrected chi connectivity index (χ0v) is 6.15. The first-order chi connectivity index (χ1) is 4.91. The smallest absolute Gasteiger partial charge is 0.0942 e. The molecule has 10 heavy (non-hydrogen) atoms. The number of morpholine rings is 1. The molecule has 0 aromatic heterocycles. The fourth-order valence-corrected chi connectivity index (χ4v) is 1.70. The van der Waals surface area contributed by atoms with Crippen molar-refractivity contribution in [3.05, 3.63) is 0 Å². The second kappa shape index (κ2) is 2.49. The minimum absolute atomic E-state index is 0.151. The number of nitrogens with one attached hydrogen (secondary N) is 2. The molecule has 2 fully saturated rings. The van der Waals surface area contributed by atoms with Gasteiger partial charge in [0.1, 0.15) is 0 Å². The molecule has 2 aliphatic rings. The molecule has 1 atom stereocenters. The molecule has 1 unspecified atom stereocenters. The lowest BCUT2D eigenvalue weighted by atomic mass is 10.0. The van der Waals surface area contributed by atoms with Crippen molar-refractivity contribution >= 4 is 0 Å². The highest BCUT2D eigenvalue weighted by atomic mass is 16.5. The Morgan fingerprint density at radius 1 is 1.10 bits per heavy atom. The number of ether oxygens (including phenoxy) is 1. The number of rotatable bonds is 0. The SMILES string of the molecule is C1COC2(CCNC2)CN1. The van der Waals surface area contributed by atoms with Crippen LogP contribution in [0.4, 0.5) is 0 Å². The van der Waals surface area contributed by atoms with Crippen LogP contribution < -0.4 is 10.6 Å². The van der Waals surface area contributed by atoms with Gasteiger partial charge in [0.15, 0.2) is 0 Å². The van der Waals surface area contributed by atoms with Crippen LogP contribution in [0.25, 0.3) is 0 Å². The van der Waals surface area contributed by atoms with Gasteiger partial charge in [-0.05, 0) is 13.0 Å². The van der Waals surface area contributed by atoms with Crippen molar-refractivity contribution in [3.8, 4) is 0 Å². The van der Waals surface area contributed by atoms with E-state index in [0.717, 1.165) is 32.8 Å². The molecule has 2 rings (SSSR count). The lowest BCUT2D eigenvalue weighted by molar-refractivity contribution is -0.0508. The summed E-state index contributed by atoms with van der Waals surface area (Å²) in [4.78, 5) is 0. The van der Waals surface area contributed by atoms with Gasteiger partial charge in [-0.2, -0.15) is 0 Å². The van der Waals surface area contributed by atoms with E-state index in [2.05, 4.69) is 10.6 Å². The zero-order valence-electron chi connectivity index (χ0n) is 6.15. The van der Waals surface area contributed by atoms with E-state index in [-0.39, 0.29) is 5.60 Å². The Hall–Kier alpha value is -0.120. The van der Waals surface area contributed by atoms with E-state index in [1.807, 2.05) is 0 Å². The van der Waals surface area contributed by atoms with Crippen LogP contribution in [0.1, 0.15) is 6.42 Å². The van der Waals surface area contributed by atoms with Crippen LogP contribution in [0.2, 0.25) is 0 Å². The number of hydrogen-bond acceptors (Lipinski definition) is 3. The quantitative estimate of drug-likeness (QED) is 0.471. The Morgan fingerprint density at radius 2 is 1.90 bits per heavy atom. The lowest BCUT2D eigenvalue weighted by Gasteiger charge is -2.33. The van der Waals surface area contributed by atoms with Crippen LogP contribution in [0, 0.1) is 0 Å². The maximum Gasteiger partial charge on any atom is 0.0942 e. The maximum atomic E-state index is 5.70. The average Bonchev–Trinajstić information content (AvgIpc) is 2.39. The second-order valence-corrected chi connectivity index (χ2v) is 3.14. The summed E-state index contributed by atoms with van der Waals surface area (Å²) in [5.41, 5.74) is 0.151. The summed E-state index contributed by atoms with van der Waals surface area (Å²) in [5.74, 6) is 0. The lowest BCUT2D eigenvalue weighted by Crippen LogP contribution is -2.50. The van der Waals surface area contributed by atoms with E-state index in [4.69, 9.17) is 4.74 Å². The van der Waals surface area contributed by atoms with E-state index in [9.17, 15) is 0 Å². The Balaban J connectivity index is 1.98. The van der Waals surface area contributed by atoms with Crippen molar-refractivity contribution < 1.29 is 4.74 Å². The highest BCUT2D eigenvalue weighted by Gasteiger charge is 2.35. The van der Waals surface area contributed by atoms with Crippen molar-refractivity contribution in [2.75, 3.05) is 32.8 Å². The van der Waals surface area contributed by atoms with E-state index in [1.54, 1.807) is 0 Å². The van der Waals surface area contributed by atoms with Crippen molar-refractivity contribution in [1.82, 2.24) is 10.6 Å². The molecule has 1 spiro atoms. The molecule has 3 heteroatoms. The van der Waals surface area contributed by atoms with Crippen LogP contribution in [0.5, 0.6) is 0 Å². The van der Waals surface area contributed by atoms with Gasteiger partial charge in [0, 0.05) is 19.6 Å². The zero-order chi connectivity index (χ0) is 6.86. The highest BCUT2D eigenvalue weighted by Crippen LogP contribution is 2.20. The standard InChI is InChI=1S/C7H14N2O/c1-2-8-5-7(1)6-9-3-4-10-7/h8-9H,1-6H2. The Bertz CT molecular complexity index is 113. The van der Waals surface area contributed by atoms with Crippen molar-refractivity contribution in [2.24, 2.45) is 0 Å². The molecule has 0 bridgehead atoms. The fourth-order valence-electron chi connectivity index (χ4n) is 1.70. The molecule has 2 heterocycles. The Labute approximate surface area is 61.1 Å². The summed E-state index contributed by atoms with van der Waals surface area (Å²) in [6.45, 7) is 5.06. The summed E-state index contributed by atoms with van der Waals surface area (Å²) in [6, 6.07) is 0. The van der Waals surface area contributed by atoms with Gasteiger partial charge in [0.05, 0.1) is 12.2 Å². The molecule has 0 radical (unpaired) electrons. The van der Waals surface area contributed by atoms with Crippen LogP contribution in [-0.2, 0) is 4.74 Å². The van der Waals surface area contributed by atoms with Crippen LogP contribution in [-0.4, -0.2) is 38.4 Å².